The van der Waals surface area contributed by atoms with Gasteiger partial charge in [0, 0.05) is 57.1 Å². The number of nitrogens with one attached hydrogen (secondary N) is 2. The number of rotatable bonds is 9. The van der Waals surface area contributed by atoms with Crippen molar-refractivity contribution >= 4 is 11.7 Å². The lowest BCUT2D eigenvalue weighted by molar-refractivity contribution is 0.0129. The van der Waals surface area contributed by atoms with Crippen LogP contribution in [0, 0.1) is 11.8 Å². The Kier molecular flexibility index (Phi) is 8.63. The van der Waals surface area contributed by atoms with Gasteiger partial charge in [-0.1, -0.05) is 19.9 Å². The molecule has 2 heterocycles. The average Bonchev–Trinajstić information content (AvgIpc) is 3.25. The summed E-state index contributed by atoms with van der Waals surface area (Å²) in [5, 5.41) is 6.19. The molecule has 0 bridgehead atoms. The van der Waals surface area contributed by atoms with Crippen LogP contribution in [0.15, 0.2) is 24.3 Å². The number of ether oxygens (including phenoxy) is 2. The van der Waals surface area contributed by atoms with Gasteiger partial charge in [0.2, 0.25) is 0 Å². The summed E-state index contributed by atoms with van der Waals surface area (Å²) in [4.78, 5) is 17.2. The Hall–Kier alpha value is -1.99. The average molecular weight is 419 g/mol. The minimum Gasteiger partial charge on any atom is -0.497 e. The Labute approximate surface area is 181 Å². The molecule has 0 aromatic heterocycles. The van der Waals surface area contributed by atoms with E-state index in [0.717, 1.165) is 58.0 Å². The zero-order chi connectivity index (χ0) is 21.3. The molecule has 7 nitrogen and oxygen atoms in total. The number of nitrogens with zero attached hydrogens (tertiary/aromatic N) is 2. The number of urea groups is 1. The largest absolute Gasteiger partial charge is 0.497 e. The van der Waals surface area contributed by atoms with Crippen LogP contribution in [0.2, 0.25) is 0 Å². The first-order chi connectivity index (χ1) is 14.5. The molecule has 0 aliphatic carbocycles. The molecular weight excluding hydrogens is 380 g/mol. The topological polar surface area (TPSA) is 66.1 Å². The normalized spacial score (nSPS) is 20.9. The molecule has 2 amide bonds. The Bertz CT molecular complexity index is 664. The quantitative estimate of drug-likeness (QED) is 0.645. The molecule has 1 aromatic carbocycles. The van der Waals surface area contributed by atoms with Gasteiger partial charge in [0.05, 0.1) is 20.3 Å². The molecule has 2 N–H and O–H groups in total. The van der Waals surface area contributed by atoms with Gasteiger partial charge in [-0.15, -0.1) is 0 Å². The van der Waals surface area contributed by atoms with Crippen molar-refractivity contribution in [3.8, 4) is 5.75 Å². The molecule has 30 heavy (non-hydrogen) atoms. The maximum absolute atomic E-state index is 12.4. The van der Waals surface area contributed by atoms with Crippen LogP contribution in [0.25, 0.3) is 0 Å². The van der Waals surface area contributed by atoms with Crippen molar-refractivity contribution in [2.24, 2.45) is 11.8 Å². The van der Waals surface area contributed by atoms with Gasteiger partial charge in [0.15, 0.2) is 0 Å². The lowest BCUT2D eigenvalue weighted by atomic mass is 10.0. The van der Waals surface area contributed by atoms with Crippen molar-refractivity contribution in [1.29, 1.82) is 0 Å². The third kappa shape index (κ3) is 6.77. The number of carbonyl (C=O) groups excluding carboxylic acids is 1. The molecule has 2 saturated heterocycles. The van der Waals surface area contributed by atoms with Gasteiger partial charge in [-0.05, 0) is 36.8 Å². The highest BCUT2D eigenvalue weighted by Gasteiger charge is 2.25. The fraction of sp³-hybridized carbons (Fsp3) is 0.696. The van der Waals surface area contributed by atoms with Crippen LogP contribution in [0.5, 0.6) is 5.75 Å². The molecule has 0 saturated carbocycles. The molecule has 1 aromatic rings. The molecule has 0 spiro atoms. The molecule has 2 aliphatic rings. The number of methoxy groups -OCH3 is 1. The van der Waals surface area contributed by atoms with Gasteiger partial charge in [-0.3, -0.25) is 4.90 Å². The molecular formula is C23H38N4O3. The second-order valence-electron chi connectivity index (χ2n) is 8.82. The van der Waals surface area contributed by atoms with E-state index in [2.05, 4.69) is 46.4 Å². The maximum atomic E-state index is 12.4. The first-order valence-corrected chi connectivity index (χ1v) is 11.3. The summed E-state index contributed by atoms with van der Waals surface area (Å²) >= 11 is 0. The first-order valence-electron chi connectivity index (χ1n) is 11.3. The highest BCUT2D eigenvalue weighted by Crippen LogP contribution is 2.26. The molecule has 0 radical (unpaired) electrons. The van der Waals surface area contributed by atoms with Crippen LogP contribution in [-0.4, -0.2) is 76.6 Å². The number of benzene rings is 1. The van der Waals surface area contributed by atoms with Crippen LogP contribution < -0.4 is 20.3 Å². The van der Waals surface area contributed by atoms with Gasteiger partial charge >= 0.3 is 6.03 Å². The van der Waals surface area contributed by atoms with E-state index in [9.17, 15) is 4.79 Å². The van der Waals surface area contributed by atoms with E-state index in [1.165, 1.54) is 5.69 Å². The number of morpholine rings is 1. The van der Waals surface area contributed by atoms with Gasteiger partial charge in [-0.2, -0.15) is 0 Å². The van der Waals surface area contributed by atoms with Crippen LogP contribution >= 0.6 is 0 Å². The zero-order valence-electron chi connectivity index (χ0n) is 18.7. The first kappa shape index (κ1) is 22.7. The van der Waals surface area contributed by atoms with Crippen molar-refractivity contribution < 1.29 is 14.3 Å². The summed E-state index contributed by atoms with van der Waals surface area (Å²) in [6.07, 6.45) is 2.17. The van der Waals surface area contributed by atoms with Crippen LogP contribution in [-0.2, 0) is 4.74 Å². The fourth-order valence-electron chi connectivity index (χ4n) is 4.40. The molecule has 168 valence electrons. The zero-order valence-corrected chi connectivity index (χ0v) is 18.7. The molecule has 2 fully saturated rings. The molecule has 7 heteroatoms. The number of carbonyl (C=O) groups is 1. The van der Waals surface area contributed by atoms with Gasteiger partial charge in [-0.25, -0.2) is 4.79 Å². The lowest BCUT2D eigenvalue weighted by Gasteiger charge is -2.35. The van der Waals surface area contributed by atoms with Gasteiger partial charge < -0.3 is 25.0 Å². The Morgan fingerprint density at radius 2 is 2.03 bits per heavy atom. The molecule has 3 rings (SSSR count). The van der Waals surface area contributed by atoms with Crippen LogP contribution in [0.1, 0.15) is 26.7 Å². The summed E-state index contributed by atoms with van der Waals surface area (Å²) in [6.45, 7) is 11.3. The number of hydrogen-bond acceptors (Lipinski definition) is 5. The van der Waals surface area contributed by atoms with Crippen molar-refractivity contribution in [3.63, 3.8) is 0 Å². The molecule has 2 aliphatic heterocycles. The third-order valence-electron chi connectivity index (χ3n) is 6.06. The minimum absolute atomic E-state index is 0.0585. The van der Waals surface area contributed by atoms with E-state index in [1.54, 1.807) is 7.11 Å². The second kappa shape index (κ2) is 11.4. The highest BCUT2D eigenvalue weighted by atomic mass is 16.5. The van der Waals surface area contributed by atoms with Crippen molar-refractivity contribution in [2.45, 2.75) is 32.7 Å². The predicted molar refractivity (Wildman–Crippen MR) is 120 cm³/mol. The monoisotopic (exact) mass is 418 g/mol. The summed E-state index contributed by atoms with van der Waals surface area (Å²) in [7, 11) is 1.69. The van der Waals surface area contributed by atoms with Crippen LogP contribution in [0.3, 0.4) is 0 Å². The van der Waals surface area contributed by atoms with E-state index in [-0.39, 0.29) is 6.03 Å². The van der Waals surface area contributed by atoms with E-state index in [1.807, 2.05) is 12.1 Å². The third-order valence-corrected chi connectivity index (χ3v) is 6.06. The highest BCUT2D eigenvalue weighted by molar-refractivity contribution is 5.73. The SMILES string of the molecule is COc1cccc(N2CCC(CNC(=O)NCC(CC(C)C)N3CCOCC3)C2)c1. The molecule has 2 atom stereocenters. The maximum Gasteiger partial charge on any atom is 0.314 e. The summed E-state index contributed by atoms with van der Waals surface area (Å²) in [6, 6.07) is 8.49. The van der Waals surface area contributed by atoms with Crippen molar-refractivity contribution in [2.75, 3.05) is 64.5 Å². The van der Waals surface area contributed by atoms with Gasteiger partial charge in [0.1, 0.15) is 5.75 Å². The van der Waals surface area contributed by atoms with Crippen LogP contribution in [0.4, 0.5) is 10.5 Å². The van der Waals surface area contributed by atoms with E-state index in [4.69, 9.17) is 9.47 Å². The summed E-state index contributed by atoms with van der Waals surface area (Å²) < 4.78 is 10.8. The Balaban J connectivity index is 1.40. The molecule has 2 unspecified atom stereocenters. The van der Waals surface area contributed by atoms with E-state index >= 15 is 0 Å². The number of hydrogen-bond donors (Lipinski definition) is 2. The number of amides is 2. The van der Waals surface area contributed by atoms with Crippen molar-refractivity contribution in [3.05, 3.63) is 24.3 Å². The summed E-state index contributed by atoms with van der Waals surface area (Å²) in [5.74, 6) is 1.95. The van der Waals surface area contributed by atoms with Gasteiger partial charge in [0.25, 0.3) is 0 Å². The van der Waals surface area contributed by atoms with Crippen molar-refractivity contribution in [1.82, 2.24) is 15.5 Å². The Morgan fingerprint density at radius 3 is 2.77 bits per heavy atom. The standard InChI is InChI=1S/C23H38N4O3/c1-18(2)13-21(26-9-11-30-12-10-26)16-25-23(28)24-15-19-7-8-27(17-19)20-5-4-6-22(14-20)29-3/h4-6,14,18-19,21H,7-13,15-17H2,1-3H3,(H2,24,25,28). The Morgan fingerprint density at radius 1 is 1.23 bits per heavy atom. The van der Waals surface area contributed by atoms with E-state index in [0.29, 0.717) is 31.0 Å². The fourth-order valence-corrected chi connectivity index (χ4v) is 4.40. The second-order valence-corrected chi connectivity index (χ2v) is 8.82. The summed E-state index contributed by atoms with van der Waals surface area (Å²) in [5.41, 5.74) is 1.18. The lowest BCUT2D eigenvalue weighted by Crippen LogP contribution is -2.51. The minimum atomic E-state index is -0.0585. The van der Waals surface area contributed by atoms with E-state index < -0.39 is 0 Å². The number of anilines is 1. The predicted octanol–water partition coefficient (Wildman–Crippen LogP) is 2.57. The smallest absolute Gasteiger partial charge is 0.314 e.